The van der Waals surface area contributed by atoms with E-state index in [2.05, 4.69) is 6.92 Å². The topological polar surface area (TPSA) is 94.8 Å². The van der Waals surface area contributed by atoms with Crippen molar-refractivity contribution >= 4 is 12.1 Å². The molecule has 0 bridgehead atoms. The highest BCUT2D eigenvalue weighted by Crippen LogP contribution is 2.67. The third kappa shape index (κ3) is 2.39. The lowest BCUT2D eigenvalue weighted by Crippen LogP contribution is -2.60. The first kappa shape index (κ1) is 18.6. The molecule has 5 nitrogen and oxygen atoms in total. The summed E-state index contributed by atoms with van der Waals surface area (Å²) in [5, 5.41) is 30.7. The molecule has 3 N–H and O–H groups in total. The van der Waals surface area contributed by atoms with Gasteiger partial charge in [-0.05, 0) is 80.5 Å². The third-order valence-electron chi connectivity index (χ3n) is 8.94. The minimum atomic E-state index is -0.794. The molecule has 5 heteroatoms. The van der Waals surface area contributed by atoms with Gasteiger partial charge in [0, 0.05) is 11.3 Å². The van der Waals surface area contributed by atoms with E-state index >= 15 is 0 Å². The van der Waals surface area contributed by atoms with Crippen molar-refractivity contribution in [3.05, 3.63) is 0 Å². The molecule has 4 aliphatic carbocycles. The zero-order valence-corrected chi connectivity index (χ0v) is 15.6. The molecule has 0 aromatic heterocycles. The second-order valence-corrected chi connectivity index (χ2v) is 9.76. The minimum absolute atomic E-state index is 0.00960. The molecule has 4 rings (SSSR count). The first-order valence-corrected chi connectivity index (χ1v) is 10.3. The monoisotopic (exact) mass is 364 g/mol. The molecule has 0 saturated heterocycles. The number of fused-ring (bicyclic) bond motifs is 5. The summed E-state index contributed by atoms with van der Waals surface area (Å²) in [6, 6.07) is 0. The number of carbonyl (C=O) groups excluding carboxylic acids is 2. The molecule has 9 atom stereocenters. The molecule has 26 heavy (non-hydrogen) atoms. The Hall–Kier alpha value is -0.780. The summed E-state index contributed by atoms with van der Waals surface area (Å²) in [4.78, 5) is 24.6. The number of hydrogen-bond donors (Lipinski definition) is 3. The Labute approximate surface area is 155 Å². The molecule has 4 unspecified atom stereocenters. The van der Waals surface area contributed by atoms with Gasteiger partial charge in [-0.15, -0.1) is 0 Å². The summed E-state index contributed by atoms with van der Waals surface area (Å²) >= 11 is 0. The molecular weight excluding hydrogens is 332 g/mol. The molecule has 0 aliphatic heterocycles. The lowest BCUT2D eigenvalue weighted by molar-refractivity contribution is -0.182. The summed E-state index contributed by atoms with van der Waals surface area (Å²) in [5.41, 5.74) is -0.784. The smallest absolute Gasteiger partial charge is 0.162 e. The summed E-state index contributed by atoms with van der Waals surface area (Å²) in [6.07, 6.45) is 6.51. The van der Waals surface area contributed by atoms with E-state index in [0.29, 0.717) is 18.8 Å². The molecule has 146 valence electrons. The van der Waals surface area contributed by atoms with Crippen LogP contribution in [0, 0.1) is 40.4 Å². The average molecular weight is 364 g/mol. The van der Waals surface area contributed by atoms with E-state index in [4.69, 9.17) is 0 Å². The zero-order chi connectivity index (χ0) is 18.7. The standard InChI is InChI=1S/C21H32O5/c1-20-7-6-13(24)8-12(20)2-3-14-15-4-5-16(18(26)10-22)21(15,11-23)9-17(25)19(14)20/h11-17,19,22,24-25H,2-10H2,1H3/t12-,13+,14-,15?,16+,17?,19?,20-,21?/m0/s1. The highest BCUT2D eigenvalue weighted by atomic mass is 16.3. The highest BCUT2D eigenvalue weighted by molar-refractivity contribution is 5.87. The Kier molecular flexibility index (Phi) is 4.56. The van der Waals surface area contributed by atoms with E-state index in [-0.39, 0.29) is 35.1 Å². The highest BCUT2D eigenvalue weighted by Gasteiger charge is 2.65. The van der Waals surface area contributed by atoms with Crippen molar-refractivity contribution in [1.82, 2.24) is 0 Å². The molecule has 0 aromatic rings. The molecule has 4 saturated carbocycles. The Morgan fingerprint density at radius 2 is 1.92 bits per heavy atom. The van der Waals surface area contributed by atoms with Gasteiger partial charge in [-0.3, -0.25) is 4.79 Å². The van der Waals surface area contributed by atoms with Crippen molar-refractivity contribution in [1.29, 1.82) is 0 Å². The predicted molar refractivity (Wildman–Crippen MR) is 95.1 cm³/mol. The van der Waals surface area contributed by atoms with Crippen LogP contribution in [0.2, 0.25) is 0 Å². The second kappa shape index (κ2) is 6.39. The molecule has 0 heterocycles. The van der Waals surface area contributed by atoms with Crippen LogP contribution in [-0.2, 0) is 9.59 Å². The van der Waals surface area contributed by atoms with Gasteiger partial charge in [0.1, 0.15) is 12.9 Å². The molecule has 0 radical (unpaired) electrons. The van der Waals surface area contributed by atoms with Crippen LogP contribution in [0.3, 0.4) is 0 Å². The molecule has 0 aromatic carbocycles. The number of rotatable bonds is 3. The van der Waals surface area contributed by atoms with Gasteiger partial charge < -0.3 is 20.1 Å². The Morgan fingerprint density at radius 3 is 2.62 bits per heavy atom. The van der Waals surface area contributed by atoms with Gasteiger partial charge in [0.15, 0.2) is 5.78 Å². The van der Waals surface area contributed by atoms with Crippen molar-refractivity contribution in [2.75, 3.05) is 6.61 Å². The number of aliphatic hydroxyl groups is 3. The lowest BCUT2D eigenvalue weighted by atomic mass is 9.43. The zero-order valence-electron chi connectivity index (χ0n) is 15.6. The Bertz CT molecular complexity index is 591. The van der Waals surface area contributed by atoms with Gasteiger partial charge in [0.05, 0.1) is 12.2 Å². The van der Waals surface area contributed by atoms with Crippen molar-refractivity contribution in [3.63, 3.8) is 0 Å². The largest absolute Gasteiger partial charge is 0.393 e. The van der Waals surface area contributed by atoms with Gasteiger partial charge in [0.25, 0.3) is 0 Å². The van der Waals surface area contributed by atoms with Gasteiger partial charge >= 0.3 is 0 Å². The number of carbonyl (C=O) groups is 2. The maximum absolute atomic E-state index is 12.3. The number of hydrogen-bond acceptors (Lipinski definition) is 5. The lowest BCUT2D eigenvalue weighted by Gasteiger charge is -2.61. The molecule has 4 fully saturated rings. The summed E-state index contributed by atoms with van der Waals surface area (Å²) in [5.74, 6) is 0.294. The maximum atomic E-state index is 12.3. The SMILES string of the molecule is C[C@]12CC[C@@H](O)C[C@@H]1CC[C@H]1C3CC[C@H](C(=O)CO)C3(C=O)CC(O)C12. The van der Waals surface area contributed by atoms with Crippen LogP contribution in [0.1, 0.15) is 58.3 Å². The third-order valence-corrected chi connectivity index (χ3v) is 8.94. The molecular formula is C21H32O5. The van der Waals surface area contributed by atoms with Gasteiger partial charge in [-0.2, -0.15) is 0 Å². The number of aldehydes is 1. The van der Waals surface area contributed by atoms with Crippen LogP contribution in [0.4, 0.5) is 0 Å². The van der Waals surface area contributed by atoms with E-state index in [0.717, 1.165) is 44.8 Å². The van der Waals surface area contributed by atoms with Crippen LogP contribution < -0.4 is 0 Å². The van der Waals surface area contributed by atoms with Gasteiger partial charge in [0.2, 0.25) is 0 Å². The maximum Gasteiger partial charge on any atom is 0.162 e. The normalized spacial score (nSPS) is 53.3. The van der Waals surface area contributed by atoms with Crippen LogP contribution in [0.25, 0.3) is 0 Å². The van der Waals surface area contributed by atoms with Crippen LogP contribution >= 0.6 is 0 Å². The molecule has 4 aliphatic rings. The fourth-order valence-electron chi connectivity index (χ4n) is 7.85. The van der Waals surface area contributed by atoms with E-state index in [1.807, 2.05) is 0 Å². The Morgan fingerprint density at radius 1 is 1.15 bits per heavy atom. The Balaban J connectivity index is 1.69. The summed E-state index contributed by atoms with van der Waals surface area (Å²) in [6.45, 7) is 1.76. The molecule has 0 spiro atoms. The van der Waals surface area contributed by atoms with Gasteiger partial charge in [-0.25, -0.2) is 0 Å². The fraction of sp³-hybridized carbons (Fsp3) is 0.905. The van der Waals surface area contributed by atoms with E-state index in [1.54, 1.807) is 0 Å². The second-order valence-electron chi connectivity index (χ2n) is 9.76. The summed E-state index contributed by atoms with van der Waals surface area (Å²) in [7, 11) is 0. The first-order valence-electron chi connectivity index (χ1n) is 10.3. The van der Waals surface area contributed by atoms with Crippen LogP contribution in [0.5, 0.6) is 0 Å². The van der Waals surface area contributed by atoms with Crippen molar-refractivity contribution in [3.8, 4) is 0 Å². The van der Waals surface area contributed by atoms with E-state index in [1.165, 1.54) is 0 Å². The van der Waals surface area contributed by atoms with Crippen LogP contribution in [0.15, 0.2) is 0 Å². The number of ketones is 1. The number of Topliss-reactive ketones (excluding diaryl/α,β-unsaturated/α-hetero) is 1. The van der Waals surface area contributed by atoms with Gasteiger partial charge in [-0.1, -0.05) is 6.92 Å². The van der Waals surface area contributed by atoms with Crippen molar-refractivity contribution in [2.45, 2.75) is 70.5 Å². The first-order chi connectivity index (χ1) is 12.4. The molecule has 0 amide bonds. The van der Waals surface area contributed by atoms with E-state index < -0.39 is 24.0 Å². The minimum Gasteiger partial charge on any atom is -0.393 e. The van der Waals surface area contributed by atoms with E-state index in [9.17, 15) is 24.9 Å². The average Bonchev–Trinajstić information content (AvgIpc) is 3.00. The predicted octanol–water partition coefficient (Wildman–Crippen LogP) is 1.72. The van der Waals surface area contributed by atoms with Crippen molar-refractivity contribution < 1.29 is 24.9 Å². The van der Waals surface area contributed by atoms with Crippen molar-refractivity contribution in [2.24, 2.45) is 40.4 Å². The number of aliphatic hydroxyl groups excluding tert-OH is 3. The quantitative estimate of drug-likeness (QED) is 0.663. The fourth-order valence-corrected chi connectivity index (χ4v) is 7.85. The summed E-state index contributed by atoms with van der Waals surface area (Å²) < 4.78 is 0. The van der Waals surface area contributed by atoms with Crippen LogP contribution in [-0.4, -0.2) is 46.2 Å².